The van der Waals surface area contributed by atoms with Crippen LogP contribution in [0.2, 0.25) is 0 Å². The normalized spacial score (nSPS) is 18.2. The maximum atomic E-state index is 11.1. The van der Waals surface area contributed by atoms with E-state index in [2.05, 4.69) is 77.1 Å². The Morgan fingerprint density at radius 2 is 1.72 bits per heavy atom. The lowest BCUT2D eigenvalue weighted by molar-refractivity contribution is -0.141. The first-order chi connectivity index (χ1) is 15.7. The molecule has 2 atom stereocenters. The molecule has 0 spiro atoms. The smallest absolute Gasteiger partial charge is 0.306 e. The largest absolute Gasteiger partial charge is 0.481 e. The van der Waals surface area contributed by atoms with Crippen LogP contribution in [0, 0.1) is 5.92 Å². The summed E-state index contributed by atoms with van der Waals surface area (Å²) in [7, 11) is 0. The number of hydrogen-bond donors (Lipinski definition) is 2. The highest BCUT2D eigenvalue weighted by molar-refractivity contribution is 5.79. The van der Waals surface area contributed by atoms with Gasteiger partial charge in [-0.15, -0.1) is 0 Å². The third-order valence-electron chi connectivity index (χ3n) is 6.48. The molecule has 1 aromatic heterocycles. The first-order valence-corrected chi connectivity index (χ1v) is 11.2. The van der Waals surface area contributed by atoms with Crippen molar-refractivity contribution in [3.05, 3.63) is 90.1 Å². The minimum atomic E-state index is -0.669. The summed E-state index contributed by atoms with van der Waals surface area (Å²) in [5, 5.41) is 18.4. The van der Waals surface area contributed by atoms with Crippen LogP contribution >= 0.6 is 0 Å². The van der Waals surface area contributed by atoms with E-state index in [1.165, 1.54) is 22.3 Å². The van der Waals surface area contributed by atoms with E-state index in [0.717, 1.165) is 43.3 Å². The predicted octanol–water partition coefficient (Wildman–Crippen LogP) is 5.09. The van der Waals surface area contributed by atoms with Crippen molar-refractivity contribution in [2.24, 2.45) is 5.92 Å². The van der Waals surface area contributed by atoms with Crippen molar-refractivity contribution in [1.82, 2.24) is 15.1 Å². The Morgan fingerprint density at radius 3 is 2.47 bits per heavy atom. The van der Waals surface area contributed by atoms with Gasteiger partial charge in [0.05, 0.1) is 24.2 Å². The number of benzene rings is 3. The molecular weight excluding hydrogens is 398 g/mol. The van der Waals surface area contributed by atoms with Gasteiger partial charge >= 0.3 is 5.97 Å². The summed E-state index contributed by atoms with van der Waals surface area (Å²) in [5.41, 5.74) is 5.97. The van der Waals surface area contributed by atoms with Crippen molar-refractivity contribution >= 4 is 16.9 Å². The maximum Gasteiger partial charge on any atom is 0.306 e. The number of aliphatic carboxylic acids is 1. The Kier molecular flexibility index (Phi) is 5.73. The van der Waals surface area contributed by atoms with E-state index in [1.807, 2.05) is 16.9 Å². The van der Waals surface area contributed by atoms with E-state index in [9.17, 15) is 9.90 Å². The van der Waals surface area contributed by atoms with E-state index in [-0.39, 0.29) is 12.0 Å². The molecule has 0 radical (unpaired) electrons. The highest BCUT2D eigenvalue weighted by Crippen LogP contribution is 2.26. The quantitative estimate of drug-likeness (QED) is 0.433. The number of carboxylic acid groups (broad SMARTS) is 1. The first kappa shape index (κ1) is 20.5. The Labute approximate surface area is 187 Å². The molecule has 32 heavy (non-hydrogen) atoms. The number of nitrogens with zero attached hydrogens (tertiary/aromatic N) is 2. The Bertz CT molecular complexity index is 1210. The second-order valence-corrected chi connectivity index (χ2v) is 8.68. The van der Waals surface area contributed by atoms with Crippen molar-refractivity contribution in [1.29, 1.82) is 0 Å². The van der Waals surface area contributed by atoms with E-state index in [0.29, 0.717) is 0 Å². The van der Waals surface area contributed by atoms with Gasteiger partial charge in [-0.05, 0) is 53.6 Å². The van der Waals surface area contributed by atoms with Crippen LogP contribution in [-0.2, 0) is 17.9 Å². The molecule has 1 aliphatic rings. The number of carbonyl (C=O) groups is 1. The third-order valence-corrected chi connectivity index (χ3v) is 6.48. The van der Waals surface area contributed by atoms with Gasteiger partial charge in [0.1, 0.15) is 0 Å². The average Bonchev–Trinajstić information content (AvgIpc) is 3.46. The van der Waals surface area contributed by atoms with Crippen LogP contribution in [-0.4, -0.2) is 26.9 Å². The lowest BCUT2D eigenvalue weighted by atomic mass is 10.0. The Morgan fingerprint density at radius 1 is 0.969 bits per heavy atom. The van der Waals surface area contributed by atoms with Crippen molar-refractivity contribution in [3.8, 4) is 11.1 Å². The third kappa shape index (κ3) is 4.43. The molecule has 3 aromatic carbocycles. The van der Waals surface area contributed by atoms with Crippen LogP contribution in [0.3, 0.4) is 0 Å². The fraction of sp³-hybridized carbons (Fsp3) is 0.259. The van der Waals surface area contributed by atoms with E-state index in [4.69, 9.17) is 0 Å². The van der Waals surface area contributed by atoms with Gasteiger partial charge < -0.3 is 10.4 Å². The number of fused-ring (bicyclic) bond motifs is 1. The fourth-order valence-electron chi connectivity index (χ4n) is 4.63. The maximum absolute atomic E-state index is 11.1. The van der Waals surface area contributed by atoms with E-state index in [1.54, 1.807) is 0 Å². The minimum absolute atomic E-state index is 0.199. The van der Waals surface area contributed by atoms with Gasteiger partial charge in [-0.25, -0.2) is 0 Å². The van der Waals surface area contributed by atoms with Crippen molar-refractivity contribution in [2.75, 3.05) is 0 Å². The number of aromatic nitrogens is 2. The topological polar surface area (TPSA) is 67.2 Å². The SMILES string of the molecule is O=C(O)[C@@H]1CC[C@H](NCc2ccc3c(cnn3Cc3ccc(-c4ccccc4)cc3)c2)C1. The van der Waals surface area contributed by atoms with Crippen molar-refractivity contribution in [3.63, 3.8) is 0 Å². The van der Waals surface area contributed by atoms with Crippen LogP contribution in [0.15, 0.2) is 79.0 Å². The van der Waals surface area contributed by atoms with E-state index >= 15 is 0 Å². The van der Waals surface area contributed by atoms with Gasteiger partial charge in [0.25, 0.3) is 0 Å². The number of nitrogens with one attached hydrogen (secondary N) is 1. The van der Waals surface area contributed by atoms with Crippen LogP contribution in [0.25, 0.3) is 22.0 Å². The number of rotatable bonds is 7. The van der Waals surface area contributed by atoms with Gasteiger partial charge in [0.2, 0.25) is 0 Å². The molecule has 5 heteroatoms. The summed E-state index contributed by atoms with van der Waals surface area (Å²) >= 11 is 0. The van der Waals surface area contributed by atoms with Gasteiger partial charge in [0, 0.05) is 18.0 Å². The van der Waals surface area contributed by atoms with E-state index < -0.39 is 5.97 Å². The molecule has 162 valence electrons. The Hall–Kier alpha value is -3.44. The predicted molar refractivity (Wildman–Crippen MR) is 126 cm³/mol. The highest BCUT2D eigenvalue weighted by atomic mass is 16.4. The number of carboxylic acids is 1. The summed E-state index contributed by atoms with van der Waals surface area (Å²) in [6, 6.07) is 25.8. The molecule has 0 saturated heterocycles. The fourth-order valence-corrected chi connectivity index (χ4v) is 4.63. The zero-order chi connectivity index (χ0) is 21.9. The molecule has 0 aliphatic heterocycles. The molecule has 5 rings (SSSR count). The van der Waals surface area contributed by atoms with Crippen LogP contribution in [0.4, 0.5) is 0 Å². The average molecular weight is 426 g/mol. The summed E-state index contributed by atoms with van der Waals surface area (Å²) in [5.74, 6) is -0.868. The lowest BCUT2D eigenvalue weighted by Gasteiger charge is -2.12. The summed E-state index contributed by atoms with van der Waals surface area (Å²) < 4.78 is 2.04. The van der Waals surface area contributed by atoms with Gasteiger partial charge in [-0.1, -0.05) is 60.7 Å². The molecule has 4 aromatic rings. The second kappa shape index (κ2) is 8.97. The Balaban J connectivity index is 1.24. The molecule has 1 fully saturated rings. The second-order valence-electron chi connectivity index (χ2n) is 8.68. The number of hydrogen-bond acceptors (Lipinski definition) is 3. The molecule has 2 N–H and O–H groups in total. The molecule has 1 saturated carbocycles. The zero-order valence-corrected chi connectivity index (χ0v) is 17.9. The lowest BCUT2D eigenvalue weighted by Crippen LogP contribution is -2.26. The van der Waals surface area contributed by atoms with Crippen LogP contribution in [0.5, 0.6) is 0 Å². The summed E-state index contributed by atoms with van der Waals surface area (Å²) in [6.07, 6.45) is 4.34. The van der Waals surface area contributed by atoms with Gasteiger partial charge in [-0.2, -0.15) is 5.10 Å². The molecule has 1 aliphatic carbocycles. The van der Waals surface area contributed by atoms with Crippen LogP contribution < -0.4 is 5.32 Å². The standard InChI is InChI=1S/C27H27N3O2/c31-27(32)23-11-12-25(15-23)28-16-20-8-13-26-24(14-20)17-29-30(26)18-19-6-9-22(10-7-19)21-4-2-1-3-5-21/h1-10,13-14,17,23,25,28H,11-12,15-16,18H2,(H,31,32)/t23-,25+/m1/s1. The van der Waals surface area contributed by atoms with Gasteiger partial charge in [0.15, 0.2) is 0 Å². The molecule has 5 nitrogen and oxygen atoms in total. The highest BCUT2D eigenvalue weighted by Gasteiger charge is 2.29. The molecule has 0 unspecified atom stereocenters. The van der Waals surface area contributed by atoms with Gasteiger partial charge in [-0.3, -0.25) is 9.48 Å². The van der Waals surface area contributed by atoms with Crippen molar-refractivity contribution in [2.45, 2.75) is 38.4 Å². The molecule has 1 heterocycles. The molecule has 0 amide bonds. The monoisotopic (exact) mass is 425 g/mol. The first-order valence-electron chi connectivity index (χ1n) is 11.2. The minimum Gasteiger partial charge on any atom is -0.481 e. The zero-order valence-electron chi connectivity index (χ0n) is 17.9. The van der Waals surface area contributed by atoms with Crippen LogP contribution in [0.1, 0.15) is 30.4 Å². The summed E-state index contributed by atoms with van der Waals surface area (Å²) in [4.78, 5) is 11.1. The molecule has 0 bridgehead atoms. The molecular formula is C27H27N3O2. The van der Waals surface area contributed by atoms with Crippen molar-refractivity contribution < 1.29 is 9.90 Å². The summed E-state index contributed by atoms with van der Waals surface area (Å²) in [6.45, 7) is 1.48.